The summed E-state index contributed by atoms with van der Waals surface area (Å²) in [7, 11) is 0. The molecule has 4 aliphatic carbocycles. The molecule has 0 amide bonds. The van der Waals surface area contributed by atoms with E-state index in [1.54, 1.807) is 24.3 Å². The fourth-order valence-electron chi connectivity index (χ4n) is 8.32. The van der Waals surface area contributed by atoms with Gasteiger partial charge in [-0.25, -0.2) is 24.6 Å². The lowest BCUT2D eigenvalue weighted by Gasteiger charge is -2.57. The van der Waals surface area contributed by atoms with Gasteiger partial charge in [-0.3, -0.25) is 4.98 Å². The van der Waals surface area contributed by atoms with Crippen molar-refractivity contribution in [1.29, 1.82) is 0 Å². The Morgan fingerprint density at radius 3 is 1.73 bits per heavy atom. The van der Waals surface area contributed by atoms with Crippen molar-refractivity contribution in [2.45, 2.75) is 43.9 Å². The van der Waals surface area contributed by atoms with Crippen molar-refractivity contribution in [3.63, 3.8) is 0 Å². The van der Waals surface area contributed by atoms with Gasteiger partial charge in [-0.15, -0.1) is 0 Å². The van der Waals surface area contributed by atoms with Gasteiger partial charge in [0.1, 0.15) is 0 Å². The van der Waals surface area contributed by atoms with Crippen LogP contribution in [0.2, 0.25) is 0 Å². The average Bonchev–Trinajstić information content (AvgIpc) is 3.08. The molecule has 0 atom stereocenters. The van der Waals surface area contributed by atoms with Crippen LogP contribution in [0.25, 0.3) is 55.1 Å². The molecule has 4 fully saturated rings. The first-order valence-electron chi connectivity index (χ1n) is 15.4. The number of hydrogen-bond acceptors (Lipinski definition) is 4. The summed E-state index contributed by atoms with van der Waals surface area (Å²) in [6.07, 6.45) is 10.5. The van der Waals surface area contributed by atoms with E-state index in [1.807, 2.05) is 36.4 Å². The Morgan fingerprint density at radius 1 is 0.568 bits per heavy atom. The molecule has 0 aliphatic heterocycles. The zero-order chi connectivity index (χ0) is 29.7. The van der Waals surface area contributed by atoms with Gasteiger partial charge in [0.15, 0.2) is 28.8 Å². The van der Waals surface area contributed by atoms with Crippen LogP contribution in [0, 0.1) is 30.9 Å². The number of nitrogens with zero attached hydrogens (tertiary/aromatic N) is 6. The highest BCUT2D eigenvalue weighted by Crippen LogP contribution is 2.60. The van der Waals surface area contributed by atoms with Gasteiger partial charge >= 0.3 is 0 Å². The summed E-state index contributed by atoms with van der Waals surface area (Å²) in [5.41, 5.74) is 7.19. The van der Waals surface area contributed by atoms with E-state index in [1.165, 1.54) is 44.1 Å². The highest BCUT2D eigenvalue weighted by molar-refractivity contribution is 5.72. The van der Waals surface area contributed by atoms with Gasteiger partial charge in [0.05, 0.1) is 18.8 Å². The van der Waals surface area contributed by atoms with Crippen molar-refractivity contribution in [3.05, 3.63) is 120 Å². The van der Waals surface area contributed by atoms with Crippen LogP contribution >= 0.6 is 0 Å². The molecule has 4 saturated carbocycles. The molecule has 0 saturated heterocycles. The van der Waals surface area contributed by atoms with E-state index in [0.29, 0.717) is 34.3 Å². The largest absolute Gasteiger partial charge is 0.256 e. The summed E-state index contributed by atoms with van der Waals surface area (Å²) >= 11 is 0. The smallest absolute Gasteiger partial charge is 0.187 e. The first kappa shape index (κ1) is 26.4. The lowest BCUT2D eigenvalue weighted by molar-refractivity contribution is -0.00532. The van der Waals surface area contributed by atoms with E-state index in [2.05, 4.69) is 40.2 Å². The zero-order valence-electron chi connectivity index (χ0n) is 24.3. The number of benzene rings is 3. The number of pyridine rings is 1. The summed E-state index contributed by atoms with van der Waals surface area (Å²) in [6, 6.07) is 27.3. The van der Waals surface area contributed by atoms with Crippen molar-refractivity contribution in [2.24, 2.45) is 17.8 Å². The second-order valence-electron chi connectivity index (χ2n) is 12.8. The monoisotopic (exact) mass is 570 g/mol. The average molecular weight is 571 g/mol. The van der Waals surface area contributed by atoms with Gasteiger partial charge in [-0.1, -0.05) is 66.7 Å². The number of hydrogen-bond donors (Lipinski definition) is 0. The topological polar surface area (TPSA) is 60.3 Å². The van der Waals surface area contributed by atoms with E-state index in [9.17, 15) is 0 Å². The molecule has 3 aromatic carbocycles. The third kappa shape index (κ3) is 4.74. The van der Waals surface area contributed by atoms with Crippen molar-refractivity contribution in [1.82, 2.24) is 19.9 Å². The van der Waals surface area contributed by atoms with Crippen molar-refractivity contribution < 1.29 is 0 Å². The normalized spacial score (nSPS) is 23.2. The molecule has 0 N–H and O–H groups in total. The zero-order valence-corrected chi connectivity index (χ0v) is 24.3. The summed E-state index contributed by atoms with van der Waals surface area (Å²) < 4.78 is 0. The molecule has 44 heavy (non-hydrogen) atoms. The SMILES string of the molecule is [C-]#[N+]c1ccc(-c2nc(-c3cccc([N+]#[C-])c3)nc(-c3cccc(-c4ccc(C56CC7CC(CC(C7)C5)C6)cn4)c3)n2)cc1. The highest BCUT2D eigenvalue weighted by Gasteiger charge is 2.51. The van der Waals surface area contributed by atoms with Crippen molar-refractivity contribution in [2.75, 3.05) is 0 Å². The standard InChI is InChI=1S/C38H30N6/c1-39-32-12-9-27(10-13-32)35-42-36(44-37(43-35)30-7-4-8-33(19-30)40-2)29-6-3-5-28(18-29)34-14-11-31(23-41-34)38-20-24-15-25(21-38)17-26(16-24)22-38/h3-14,18-19,23-26H,15-17,20-22H2. The van der Waals surface area contributed by atoms with Crippen LogP contribution in [0.15, 0.2) is 91.1 Å². The van der Waals surface area contributed by atoms with Gasteiger partial charge in [0.25, 0.3) is 0 Å². The summed E-state index contributed by atoms with van der Waals surface area (Å²) in [4.78, 5) is 26.6. The lowest BCUT2D eigenvalue weighted by atomic mass is 9.48. The second kappa shape index (κ2) is 10.5. The minimum atomic E-state index is 0.331. The van der Waals surface area contributed by atoms with Gasteiger partial charge < -0.3 is 0 Å². The fourth-order valence-corrected chi connectivity index (χ4v) is 8.32. The third-order valence-electron chi connectivity index (χ3n) is 9.95. The van der Waals surface area contributed by atoms with Crippen molar-refractivity contribution in [3.8, 4) is 45.4 Å². The summed E-state index contributed by atoms with van der Waals surface area (Å²) in [5.74, 6) is 4.26. The quantitative estimate of drug-likeness (QED) is 0.197. The van der Waals surface area contributed by atoms with Crippen LogP contribution in [0.1, 0.15) is 44.1 Å². The van der Waals surface area contributed by atoms with E-state index in [-0.39, 0.29) is 0 Å². The third-order valence-corrected chi connectivity index (χ3v) is 9.95. The maximum absolute atomic E-state index is 7.46. The van der Waals surface area contributed by atoms with E-state index in [4.69, 9.17) is 33.1 Å². The van der Waals surface area contributed by atoms with Gasteiger partial charge in [-0.2, -0.15) is 0 Å². The number of rotatable bonds is 5. The molecule has 6 heteroatoms. The molecule has 0 radical (unpaired) electrons. The molecule has 5 aromatic rings. The Balaban J connectivity index is 1.16. The van der Waals surface area contributed by atoms with E-state index in [0.717, 1.165) is 45.7 Å². The first-order chi connectivity index (χ1) is 21.6. The molecule has 4 aliphatic rings. The molecule has 6 nitrogen and oxygen atoms in total. The van der Waals surface area contributed by atoms with Gasteiger partial charge in [0.2, 0.25) is 0 Å². The Morgan fingerprint density at radius 2 is 1.14 bits per heavy atom. The molecule has 4 bridgehead atoms. The molecule has 2 heterocycles. The molecular weight excluding hydrogens is 540 g/mol. The maximum atomic E-state index is 7.46. The molecule has 212 valence electrons. The lowest BCUT2D eigenvalue weighted by Crippen LogP contribution is -2.48. The van der Waals surface area contributed by atoms with Crippen molar-refractivity contribution >= 4 is 11.4 Å². The van der Waals surface area contributed by atoms with Gasteiger partial charge in [-0.05, 0) is 85.5 Å². The molecule has 9 rings (SSSR count). The summed E-state index contributed by atoms with van der Waals surface area (Å²) in [5, 5.41) is 0. The predicted molar refractivity (Wildman–Crippen MR) is 172 cm³/mol. The van der Waals surface area contributed by atoms with Crippen LogP contribution < -0.4 is 0 Å². The Hall–Kier alpha value is -5.20. The van der Waals surface area contributed by atoms with E-state index < -0.39 is 0 Å². The molecule has 0 spiro atoms. The second-order valence-corrected chi connectivity index (χ2v) is 12.8. The van der Waals surface area contributed by atoms with Crippen LogP contribution in [-0.4, -0.2) is 19.9 Å². The first-order valence-corrected chi connectivity index (χ1v) is 15.4. The van der Waals surface area contributed by atoms with Crippen LogP contribution in [0.5, 0.6) is 0 Å². The highest BCUT2D eigenvalue weighted by atomic mass is 15.0. The number of aromatic nitrogens is 4. The minimum absolute atomic E-state index is 0.331. The molecular formula is C38H30N6. The molecule has 0 unspecified atom stereocenters. The van der Waals surface area contributed by atoms with Crippen LogP contribution in [0.4, 0.5) is 11.4 Å². The summed E-state index contributed by atoms with van der Waals surface area (Å²) in [6.45, 7) is 14.8. The van der Waals surface area contributed by atoms with Crippen LogP contribution in [0.3, 0.4) is 0 Å². The maximum Gasteiger partial charge on any atom is 0.187 e. The predicted octanol–water partition coefficient (Wildman–Crippen LogP) is 9.50. The molecule has 2 aromatic heterocycles. The van der Waals surface area contributed by atoms with E-state index >= 15 is 0 Å². The minimum Gasteiger partial charge on any atom is -0.256 e. The Labute approximate surface area is 257 Å². The Kier molecular flexibility index (Phi) is 6.31. The Bertz CT molecular complexity index is 1930. The van der Waals surface area contributed by atoms with Gasteiger partial charge in [0, 0.05) is 28.5 Å². The van der Waals surface area contributed by atoms with Crippen LogP contribution in [-0.2, 0) is 5.41 Å². The fraction of sp³-hybridized carbons (Fsp3) is 0.263.